The van der Waals surface area contributed by atoms with Gasteiger partial charge in [0.1, 0.15) is 0 Å². The molecule has 2 rings (SSSR count). The average molecular weight is 257 g/mol. The third kappa shape index (κ3) is 3.79. The molecular weight excluding hydrogens is 234 g/mol. The molecule has 0 heterocycles. The first kappa shape index (κ1) is 14.0. The molecule has 0 aliphatic carbocycles. The smallest absolute Gasteiger partial charge is 0.0587 e. The molecule has 0 amide bonds. The van der Waals surface area contributed by atoms with Crippen LogP contribution in [0.2, 0.25) is 0 Å². The number of rotatable bonds is 6. The summed E-state index contributed by atoms with van der Waals surface area (Å²) in [5.74, 6) is 0.460. The molecule has 2 nitrogen and oxygen atoms in total. The lowest BCUT2D eigenvalue weighted by Gasteiger charge is -2.19. The predicted molar refractivity (Wildman–Crippen MR) is 81.4 cm³/mol. The normalized spacial score (nSPS) is 13.1. The minimum Gasteiger partial charge on any atom is -0.395 e. The van der Waals surface area contributed by atoms with Gasteiger partial charge in [-0.3, -0.25) is 0 Å². The van der Waals surface area contributed by atoms with E-state index in [9.17, 15) is 5.11 Å². The zero-order valence-electron chi connectivity index (χ0n) is 11.8. The molecule has 0 aromatic heterocycles. The van der Waals surface area contributed by atoms with E-state index in [1.54, 1.807) is 0 Å². The van der Waals surface area contributed by atoms with Gasteiger partial charge in [0.2, 0.25) is 0 Å². The van der Waals surface area contributed by atoms with E-state index in [0.717, 1.165) is 13.0 Å². The molecule has 0 fully saturated rings. The van der Waals surface area contributed by atoms with E-state index >= 15 is 0 Å². The van der Waals surface area contributed by atoms with Crippen molar-refractivity contribution < 1.29 is 5.11 Å². The van der Waals surface area contributed by atoms with Crippen LogP contribution in [0.15, 0.2) is 42.5 Å². The molecule has 0 bridgehead atoms. The lowest BCUT2D eigenvalue weighted by molar-refractivity contribution is 0.212. The first-order chi connectivity index (χ1) is 9.20. The van der Waals surface area contributed by atoms with Gasteiger partial charge in [-0.2, -0.15) is 0 Å². The molecule has 2 aromatic rings. The van der Waals surface area contributed by atoms with Crippen LogP contribution in [0.3, 0.4) is 0 Å². The van der Waals surface area contributed by atoms with Crippen molar-refractivity contribution in [2.24, 2.45) is 5.92 Å². The lowest BCUT2D eigenvalue weighted by Crippen LogP contribution is -2.38. The highest BCUT2D eigenvalue weighted by molar-refractivity contribution is 5.82. The molecule has 1 unspecified atom stereocenters. The second kappa shape index (κ2) is 6.69. The van der Waals surface area contributed by atoms with Crippen molar-refractivity contribution in [1.29, 1.82) is 0 Å². The molecule has 0 saturated heterocycles. The Labute approximate surface area is 115 Å². The van der Waals surface area contributed by atoms with Crippen LogP contribution in [0.1, 0.15) is 19.4 Å². The highest BCUT2D eigenvalue weighted by Crippen LogP contribution is 2.15. The molecule has 0 saturated carbocycles. The maximum Gasteiger partial charge on any atom is 0.0587 e. The molecule has 1 atom stereocenters. The van der Waals surface area contributed by atoms with Gasteiger partial charge in [-0.15, -0.1) is 0 Å². The Kier molecular flexibility index (Phi) is 4.94. The lowest BCUT2D eigenvalue weighted by atomic mass is 10.0. The van der Waals surface area contributed by atoms with Crippen molar-refractivity contribution in [3.8, 4) is 0 Å². The summed E-state index contributed by atoms with van der Waals surface area (Å²) in [4.78, 5) is 0. The summed E-state index contributed by atoms with van der Waals surface area (Å²) in [7, 11) is 0. The first-order valence-electron chi connectivity index (χ1n) is 7.02. The maximum atomic E-state index is 9.27. The molecule has 0 aliphatic heterocycles. The van der Waals surface area contributed by atoms with Crippen molar-refractivity contribution in [1.82, 2.24) is 5.32 Å². The SMILES string of the molecule is CC(C)C(CO)NCCc1ccc2ccccc2c1. The van der Waals surface area contributed by atoms with Crippen LogP contribution in [-0.2, 0) is 6.42 Å². The van der Waals surface area contributed by atoms with Gasteiger partial charge < -0.3 is 10.4 Å². The molecule has 2 aromatic carbocycles. The van der Waals surface area contributed by atoms with Gasteiger partial charge in [-0.1, -0.05) is 56.3 Å². The number of aliphatic hydroxyl groups excluding tert-OH is 1. The highest BCUT2D eigenvalue weighted by atomic mass is 16.3. The Bertz CT molecular complexity index is 521. The molecular formula is C17H23NO. The van der Waals surface area contributed by atoms with Gasteiger partial charge >= 0.3 is 0 Å². The Morgan fingerprint density at radius 1 is 1.05 bits per heavy atom. The van der Waals surface area contributed by atoms with Gasteiger partial charge in [0.25, 0.3) is 0 Å². The average Bonchev–Trinajstić information content (AvgIpc) is 2.43. The van der Waals surface area contributed by atoms with E-state index in [0.29, 0.717) is 5.92 Å². The second-order valence-corrected chi connectivity index (χ2v) is 5.42. The van der Waals surface area contributed by atoms with E-state index in [-0.39, 0.29) is 12.6 Å². The van der Waals surface area contributed by atoms with Crippen LogP contribution in [0.5, 0.6) is 0 Å². The van der Waals surface area contributed by atoms with Crippen molar-refractivity contribution in [2.75, 3.05) is 13.2 Å². The largest absolute Gasteiger partial charge is 0.395 e. The zero-order valence-corrected chi connectivity index (χ0v) is 11.8. The van der Waals surface area contributed by atoms with Crippen LogP contribution in [0.25, 0.3) is 10.8 Å². The van der Waals surface area contributed by atoms with E-state index in [2.05, 4.69) is 61.6 Å². The quantitative estimate of drug-likeness (QED) is 0.834. The zero-order chi connectivity index (χ0) is 13.7. The fourth-order valence-corrected chi connectivity index (χ4v) is 2.31. The minimum absolute atomic E-state index is 0.195. The molecule has 0 aliphatic rings. The fraction of sp³-hybridized carbons (Fsp3) is 0.412. The highest BCUT2D eigenvalue weighted by Gasteiger charge is 2.10. The minimum atomic E-state index is 0.195. The maximum absolute atomic E-state index is 9.27. The van der Waals surface area contributed by atoms with Gasteiger partial charge in [0.15, 0.2) is 0 Å². The molecule has 102 valence electrons. The van der Waals surface area contributed by atoms with Gasteiger partial charge in [-0.25, -0.2) is 0 Å². The third-order valence-corrected chi connectivity index (χ3v) is 3.64. The van der Waals surface area contributed by atoms with Crippen molar-refractivity contribution in [3.05, 3.63) is 48.0 Å². The predicted octanol–water partition coefficient (Wildman–Crippen LogP) is 2.99. The van der Waals surface area contributed by atoms with Gasteiger partial charge in [-0.05, 0) is 35.2 Å². The summed E-state index contributed by atoms with van der Waals surface area (Å²) in [5, 5.41) is 15.3. The number of benzene rings is 2. The number of hydrogen-bond donors (Lipinski definition) is 2. The molecule has 2 heteroatoms. The van der Waals surface area contributed by atoms with Crippen LogP contribution >= 0.6 is 0 Å². The van der Waals surface area contributed by atoms with Crippen molar-refractivity contribution in [3.63, 3.8) is 0 Å². The van der Waals surface area contributed by atoms with Gasteiger partial charge in [0, 0.05) is 6.04 Å². The molecule has 0 radical (unpaired) electrons. The van der Waals surface area contributed by atoms with Crippen LogP contribution in [-0.4, -0.2) is 24.3 Å². The fourth-order valence-electron chi connectivity index (χ4n) is 2.31. The van der Waals surface area contributed by atoms with E-state index in [1.165, 1.54) is 16.3 Å². The number of hydrogen-bond acceptors (Lipinski definition) is 2. The second-order valence-electron chi connectivity index (χ2n) is 5.42. The monoisotopic (exact) mass is 257 g/mol. The summed E-state index contributed by atoms with van der Waals surface area (Å²) in [5.41, 5.74) is 1.34. The van der Waals surface area contributed by atoms with E-state index in [4.69, 9.17) is 0 Å². The first-order valence-corrected chi connectivity index (χ1v) is 7.02. The van der Waals surface area contributed by atoms with Gasteiger partial charge in [0.05, 0.1) is 6.61 Å². The van der Waals surface area contributed by atoms with Crippen molar-refractivity contribution >= 4 is 10.8 Å². The van der Waals surface area contributed by atoms with E-state index in [1.807, 2.05) is 0 Å². The number of aliphatic hydroxyl groups is 1. The molecule has 0 spiro atoms. The Morgan fingerprint density at radius 3 is 2.47 bits per heavy atom. The topological polar surface area (TPSA) is 32.3 Å². The summed E-state index contributed by atoms with van der Waals surface area (Å²) < 4.78 is 0. The summed E-state index contributed by atoms with van der Waals surface area (Å²) in [6.07, 6.45) is 0.994. The Morgan fingerprint density at radius 2 is 1.79 bits per heavy atom. The summed E-state index contributed by atoms with van der Waals surface area (Å²) >= 11 is 0. The van der Waals surface area contributed by atoms with Crippen molar-refractivity contribution in [2.45, 2.75) is 26.3 Å². The Balaban J connectivity index is 1.94. The van der Waals surface area contributed by atoms with Crippen LogP contribution < -0.4 is 5.32 Å². The Hall–Kier alpha value is -1.38. The molecule has 2 N–H and O–H groups in total. The third-order valence-electron chi connectivity index (χ3n) is 3.64. The number of nitrogens with one attached hydrogen (secondary N) is 1. The summed E-state index contributed by atoms with van der Waals surface area (Å²) in [6.45, 7) is 5.37. The number of fused-ring (bicyclic) bond motifs is 1. The standard InChI is InChI=1S/C17H23NO/c1-13(2)17(12-19)18-10-9-14-7-8-15-5-3-4-6-16(15)11-14/h3-8,11,13,17-19H,9-10,12H2,1-2H3. The molecule has 19 heavy (non-hydrogen) atoms. The van der Waals surface area contributed by atoms with Crippen LogP contribution in [0, 0.1) is 5.92 Å². The van der Waals surface area contributed by atoms with Crippen LogP contribution in [0.4, 0.5) is 0 Å². The van der Waals surface area contributed by atoms with E-state index < -0.39 is 0 Å². The summed E-state index contributed by atoms with van der Waals surface area (Å²) in [6, 6.07) is 15.2.